The van der Waals surface area contributed by atoms with E-state index in [-0.39, 0.29) is 24.6 Å². The topological polar surface area (TPSA) is 127 Å². The fourth-order valence-corrected chi connectivity index (χ4v) is 5.61. The van der Waals surface area contributed by atoms with Crippen molar-refractivity contribution in [3.05, 3.63) is 76.6 Å². The zero-order valence-corrected chi connectivity index (χ0v) is 23.6. The van der Waals surface area contributed by atoms with E-state index < -0.39 is 23.9 Å². The molecule has 2 aromatic carbocycles. The Labute approximate surface area is 244 Å². The van der Waals surface area contributed by atoms with Gasteiger partial charge in [0.15, 0.2) is 0 Å². The van der Waals surface area contributed by atoms with E-state index in [4.69, 9.17) is 16.3 Å². The van der Waals surface area contributed by atoms with Gasteiger partial charge in [0.1, 0.15) is 30.1 Å². The maximum atomic E-state index is 13.8. The van der Waals surface area contributed by atoms with Gasteiger partial charge in [0.2, 0.25) is 11.8 Å². The predicted octanol–water partition coefficient (Wildman–Crippen LogP) is 3.44. The number of carbonyl (C=O) groups is 3. The van der Waals surface area contributed by atoms with E-state index >= 15 is 0 Å². The number of ether oxygens (including phenoxy) is 1. The van der Waals surface area contributed by atoms with E-state index in [1.165, 1.54) is 12.5 Å². The first-order chi connectivity index (χ1) is 19.9. The lowest BCUT2D eigenvalue weighted by Crippen LogP contribution is -2.54. The van der Waals surface area contributed by atoms with E-state index in [0.29, 0.717) is 41.8 Å². The van der Waals surface area contributed by atoms with Gasteiger partial charge in [0.25, 0.3) is 5.91 Å². The van der Waals surface area contributed by atoms with E-state index in [0.717, 1.165) is 31.2 Å². The number of hydrogen-bond acceptors (Lipinski definition) is 6. The van der Waals surface area contributed by atoms with Crippen LogP contribution < -0.4 is 20.7 Å². The van der Waals surface area contributed by atoms with Crippen molar-refractivity contribution in [2.24, 2.45) is 5.92 Å². The van der Waals surface area contributed by atoms with Crippen molar-refractivity contribution in [2.75, 3.05) is 6.61 Å². The fourth-order valence-electron chi connectivity index (χ4n) is 5.44. The molecule has 2 atom stereocenters. The lowest BCUT2D eigenvalue weighted by atomic mass is 9.84. The number of hydrogen-bond donors (Lipinski definition) is 3. The van der Waals surface area contributed by atoms with Crippen LogP contribution in [0, 0.1) is 5.92 Å². The molecule has 2 bridgehead atoms. The Balaban J connectivity index is 1.45. The summed E-state index contributed by atoms with van der Waals surface area (Å²) in [4.78, 5) is 40.8. The van der Waals surface area contributed by atoms with Gasteiger partial charge in [0, 0.05) is 11.4 Å². The molecule has 3 N–H and O–H groups in total. The molecule has 10 nitrogen and oxygen atoms in total. The Morgan fingerprint density at radius 2 is 1.76 bits per heavy atom. The molecule has 41 heavy (non-hydrogen) atoms. The number of rotatable bonds is 4. The van der Waals surface area contributed by atoms with Gasteiger partial charge in [-0.25, -0.2) is 4.68 Å². The van der Waals surface area contributed by atoms with Gasteiger partial charge in [-0.3, -0.25) is 14.4 Å². The van der Waals surface area contributed by atoms with Crippen LogP contribution in [0.15, 0.2) is 54.7 Å². The van der Waals surface area contributed by atoms with Gasteiger partial charge < -0.3 is 20.7 Å². The molecule has 1 aliphatic heterocycles. The standard InChI is InChI=1S/C30H35ClN6O4/c31-22-11-12-27-24(17-22)28(38)33-26(16-21-9-5-2-6-10-21)30(40)34-25(15-20-7-3-1-4-8-20)29(39)32-18-23-19-37(36-35-23)13-14-41-27/h1,3-4,7-8,11-12,17,19,21,25-26H,2,5-6,9-10,13-16,18H2,(H,32,39)(H,33,38)(H,34,40)/t25-,26-/m0/s1. The molecular weight excluding hydrogens is 544 g/mol. The van der Waals surface area contributed by atoms with Crippen LogP contribution in [-0.4, -0.2) is 51.4 Å². The molecule has 3 amide bonds. The Morgan fingerprint density at radius 3 is 2.56 bits per heavy atom. The normalized spacial score (nSPS) is 21.0. The number of nitrogens with one attached hydrogen (secondary N) is 3. The highest BCUT2D eigenvalue weighted by Crippen LogP contribution is 2.28. The molecule has 1 aliphatic carbocycles. The first kappa shape index (κ1) is 28.6. The zero-order valence-electron chi connectivity index (χ0n) is 22.9. The number of halogens is 1. The maximum Gasteiger partial charge on any atom is 0.255 e. The van der Waals surface area contributed by atoms with Gasteiger partial charge in [-0.2, -0.15) is 0 Å². The highest BCUT2D eigenvalue weighted by molar-refractivity contribution is 6.31. The van der Waals surface area contributed by atoms with Crippen molar-refractivity contribution in [3.8, 4) is 5.75 Å². The second-order valence-corrected chi connectivity index (χ2v) is 11.1. The third kappa shape index (κ3) is 7.85. The Bertz CT molecular complexity index is 1360. The van der Waals surface area contributed by atoms with Crippen LogP contribution >= 0.6 is 11.6 Å². The van der Waals surface area contributed by atoms with E-state index in [1.807, 2.05) is 30.3 Å². The Morgan fingerprint density at radius 1 is 0.951 bits per heavy atom. The number of aromatic nitrogens is 3. The molecule has 0 radical (unpaired) electrons. The van der Waals surface area contributed by atoms with Gasteiger partial charge in [-0.05, 0) is 36.1 Å². The van der Waals surface area contributed by atoms with Crippen molar-refractivity contribution < 1.29 is 19.1 Å². The SMILES string of the molecule is O=C1N[C@@H](CC2CCCCC2)C(=O)N[C@@H](Cc2ccccc2)C(=O)NCc2cn(nn2)CCOc2ccc(Cl)cc21. The second kappa shape index (κ2) is 13.6. The molecule has 1 aromatic heterocycles. The Kier molecular flexibility index (Phi) is 9.51. The summed E-state index contributed by atoms with van der Waals surface area (Å²) in [5.74, 6) is -0.557. The second-order valence-electron chi connectivity index (χ2n) is 10.7. The summed E-state index contributed by atoms with van der Waals surface area (Å²) in [6.07, 6.45) is 7.87. The molecule has 0 spiro atoms. The summed E-state index contributed by atoms with van der Waals surface area (Å²) < 4.78 is 7.55. The van der Waals surface area contributed by atoms with Gasteiger partial charge >= 0.3 is 0 Å². The molecule has 2 heterocycles. The van der Waals surface area contributed by atoms with E-state index in [2.05, 4.69) is 26.3 Å². The summed E-state index contributed by atoms with van der Waals surface area (Å²) in [5, 5.41) is 17.4. The van der Waals surface area contributed by atoms with Crippen LogP contribution in [0.2, 0.25) is 5.02 Å². The first-order valence-corrected chi connectivity index (χ1v) is 14.6. The minimum atomic E-state index is -0.855. The molecule has 0 unspecified atom stereocenters. The van der Waals surface area contributed by atoms with Crippen LogP contribution in [-0.2, 0) is 29.1 Å². The lowest BCUT2D eigenvalue weighted by molar-refractivity contribution is -0.130. The van der Waals surface area contributed by atoms with Gasteiger partial charge in [-0.1, -0.05) is 79.3 Å². The summed E-state index contributed by atoms with van der Waals surface area (Å²) in [7, 11) is 0. The molecule has 1 fully saturated rings. The number of amides is 3. The molecule has 5 rings (SSSR count). The number of carbonyl (C=O) groups excluding carboxylic acids is 3. The van der Waals surface area contributed by atoms with Crippen LogP contribution in [0.1, 0.15) is 60.1 Å². The predicted molar refractivity (Wildman–Crippen MR) is 153 cm³/mol. The summed E-state index contributed by atoms with van der Waals surface area (Å²) in [6, 6.07) is 12.7. The van der Waals surface area contributed by atoms with Crippen molar-refractivity contribution in [3.63, 3.8) is 0 Å². The van der Waals surface area contributed by atoms with Crippen molar-refractivity contribution in [1.29, 1.82) is 0 Å². The quantitative estimate of drug-likeness (QED) is 0.435. The molecule has 216 valence electrons. The minimum Gasteiger partial charge on any atom is -0.491 e. The van der Waals surface area contributed by atoms with E-state index in [9.17, 15) is 14.4 Å². The van der Waals surface area contributed by atoms with E-state index in [1.54, 1.807) is 23.0 Å². The van der Waals surface area contributed by atoms with Crippen LogP contribution in [0.5, 0.6) is 5.75 Å². The average molecular weight is 579 g/mol. The Hall–Kier alpha value is -3.92. The summed E-state index contributed by atoms with van der Waals surface area (Å²) in [5.41, 5.74) is 1.71. The van der Waals surface area contributed by atoms with Gasteiger partial charge in [0.05, 0.1) is 24.8 Å². The summed E-state index contributed by atoms with van der Waals surface area (Å²) in [6.45, 7) is 0.762. The highest BCUT2D eigenvalue weighted by atomic mass is 35.5. The smallest absolute Gasteiger partial charge is 0.255 e. The first-order valence-electron chi connectivity index (χ1n) is 14.2. The van der Waals surface area contributed by atoms with Crippen molar-refractivity contribution >= 4 is 29.3 Å². The number of nitrogens with zero attached hydrogens (tertiary/aromatic N) is 3. The fraction of sp³-hybridized carbons (Fsp3) is 0.433. The largest absolute Gasteiger partial charge is 0.491 e. The third-order valence-electron chi connectivity index (χ3n) is 7.63. The van der Waals surface area contributed by atoms with Crippen molar-refractivity contribution in [2.45, 2.75) is 70.1 Å². The summed E-state index contributed by atoms with van der Waals surface area (Å²) >= 11 is 6.25. The molecule has 3 aromatic rings. The minimum absolute atomic E-state index is 0.157. The zero-order chi connectivity index (χ0) is 28.6. The third-order valence-corrected chi connectivity index (χ3v) is 7.86. The van der Waals surface area contributed by atoms with Crippen molar-refractivity contribution in [1.82, 2.24) is 30.9 Å². The highest BCUT2D eigenvalue weighted by Gasteiger charge is 2.31. The van der Waals surface area contributed by atoms with Crippen LogP contribution in [0.25, 0.3) is 0 Å². The van der Waals surface area contributed by atoms with Gasteiger partial charge in [-0.15, -0.1) is 5.10 Å². The van der Waals surface area contributed by atoms with Crippen LogP contribution in [0.3, 0.4) is 0 Å². The average Bonchev–Trinajstić information content (AvgIpc) is 3.44. The molecule has 11 heteroatoms. The number of fused-ring (bicyclic) bond motifs is 3. The molecular formula is C30H35ClN6O4. The molecule has 2 aliphatic rings. The molecule has 1 saturated carbocycles. The molecule has 0 saturated heterocycles. The van der Waals surface area contributed by atoms with Crippen LogP contribution in [0.4, 0.5) is 0 Å². The lowest BCUT2D eigenvalue weighted by Gasteiger charge is -2.28. The maximum absolute atomic E-state index is 13.8. The monoisotopic (exact) mass is 578 g/mol. The number of benzene rings is 2.